The molecule has 0 nitrogen and oxygen atoms in total. The Hall–Kier alpha value is -1.96. The van der Waals surface area contributed by atoms with E-state index in [9.17, 15) is 0 Å². The molecular weight excluding hydrogens is 647 g/mol. The third-order valence-electron chi connectivity index (χ3n) is 9.90. The van der Waals surface area contributed by atoms with Crippen molar-refractivity contribution in [1.29, 1.82) is 0 Å². The molecule has 0 spiro atoms. The van der Waals surface area contributed by atoms with Crippen LogP contribution < -0.4 is 0 Å². The maximum atomic E-state index is 8.63. The SMILES string of the molecule is CC(C)C1=Cc2c(-c3ccccc3)cccc2[CH]1[Zr]([Cl])([Cl])([CH]1C(C(C)C)=Cc2c(-c3ccccc3)cccc21)[SiH](C)C. The van der Waals surface area contributed by atoms with Gasteiger partial charge in [0.1, 0.15) is 0 Å². The first kappa shape index (κ1) is 30.1. The molecule has 0 aromatic heterocycles. The van der Waals surface area contributed by atoms with Crippen LogP contribution in [0.15, 0.2) is 108 Å². The number of benzene rings is 4. The van der Waals surface area contributed by atoms with Crippen LogP contribution in [0.2, 0.25) is 13.1 Å². The zero-order valence-corrected chi connectivity index (χ0v) is 30.7. The fraction of sp³-hybridized carbons (Fsp3) is 0.263. The van der Waals surface area contributed by atoms with Crippen LogP contribution in [0.3, 0.4) is 0 Å². The Kier molecular flexibility index (Phi) is 8.02. The summed E-state index contributed by atoms with van der Waals surface area (Å²) in [5, 5.41) is 0. The van der Waals surface area contributed by atoms with Crippen LogP contribution in [-0.2, 0) is 15.6 Å². The molecule has 0 saturated carbocycles. The molecular formula is C38H41Cl2SiZr. The normalized spacial score (nSPS) is 19.0. The van der Waals surface area contributed by atoms with Crippen molar-refractivity contribution in [3.05, 3.63) is 130 Å². The fourth-order valence-electron chi connectivity index (χ4n) is 7.65. The Labute approximate surface area is 261 Å². The molecule has 0 bridgehead atoms. The van der Waals surface area contributed by atoms with E-state index in [4.69, 9.17) is 17.0 Å². The minimum atomic E-state index is -4.81. The summed E-state index contributed by atoms with van der Waals surface area (Å²) in [5.41, 5.74) is 13.3. The van der Waals surface area contributed by atoms with E-state index in [1.165, 1.54) is 55.7 Å². The van der Waals surface area contributed by atoms with Crippen LogP contribution in [0.25, 0.3) is 34.4 Å². The van der Waals surface area contributed by atoms with Gasteiger partial charge in [-0.2, -0.15) is 0 Å². The van der Waals surface area contributed by atoms with Gasteiger partial charge in [-0.15, -0.1) is 0 Å². The third-order valence-corrected chi connectivity index (χ3v) is 61.6. The van der Waals surface area contributed by atoms with Gasteiger partial charge in [0.2, 0.25) is 0 Å². The molecule has 2 aliphatic rings. The molecule has 6 rings (SSSR count). The molecule has 0 saturated heterocycles. The molecule has 4 heteroatoms. The quantitative estimate of drug-likeness (QED) is 0.170. The summed E-state index contributed by atoms with van der Waals surface area (Å²) in [7, 11) is 17.3. The average Bonchev–Trinajstić information content (AvgIpc) is 3.59. The molecule has 0 amide bonds. The van der Waals surface area contributed by atoms with Crippen molar-refractivity contribution in [2.45, 2.75) is 48.0 Å². The van der Waals surface area contributed by atoms with Crippen LogP contribution in [0.4, 0.5) is 0 Å². The predicted molar refractivity (Wildman–Crippen MR) is 185 cm³/mol. The topological polar surface area (TPSA) is 0 Å². The second-order valence-corrected chi connectivity index (χ2v) is 55.7. The van der Waals surface area contributed by atoms with E-state index >= 15 is 0 Å². The Morgan fingerprint density at radius 3 is 1.26 bits per heavy atom. The van der Waals surface area contributed by atoms with E-state index in [0.717, 1.165) is 0 Å². The molecule has 4 aromatic rings. The number of fused-ring (bicyclic) bond motifs is 2. The summed E-state index contributed by atoms with van der Waals surface area (Å²) in [6.07, 6.45) is 4.94. The van der Waals surface area contributed by atoms with Gasteiger partial charge in [-0.3, -0.25) is 0 Å². The van der Waals surface area contributed by atoms with Gasteiger partial charge in [-0.1, -0.05) is 0 Å². The number of allylic oxidation sites excluding steroid dienone is 2. The number of rotatable bonds is 7. The van der Waals surface area contributed by atoms with Gasteiger partial charge in [0.05, 0.1) is 0 Å². The van der Waals surface area contributed by atoms with Gasteiger partial charge in [-0.25, -0.2) is 0 Å². The van der Waals surface area contributed by atoms with Crippen LogP contribution in [-0.4, -0.2) is 5.92 Å². The summed E-state index contributed by atoms with van der Waals surface area (Å²) in [6.45, 7) is 14.2. The summed E-state index contributed by atoms with van der Waals surface area (Å²) in [4.78, 5) is 0. The first-order valence-corrected chi connectivity index (χ1v) is 31.7. The maximum absolute atomic E-state index is 8.63. The van der Waals surface area contributed by atoms with E-state index in [1.54, 1.807) is 0 Å². The molecule has 4 aromatic carbocycles. The average molecular weight is 688 g/mol. The van der Waals surface area contributed by atoms with E-state index in [2.05, 4.69) is 150 Å². The molecule has 0 radical (unpaired) electrons. The van der Waals surface area contributed by atoms with Gasteiger partial charge in [0, 0.05) is 0 Å². The Balaban J connectivity index is 1.63. The van der Waals surface area contributed by atoms with Crippen LogP contribution >= 0.6 is 17.0 Å². The summed E-state index contributed by atoms with van der Waals surface area (Å²) in [6, 6.07) is 35.2. The first-order valence-electron chi connectivity index (χ1n) is 15.4. The molecule has 42 heavy (non-hydrogen) atoms. The monoisotopic (exact) mass is 685 g/mol. The van der Waals surface area contributed by atoms with Crippen molar-refractivity contribution in [2.24, 2.45) is 11.8 Å². The van der Waals surface area contributed by atoms with Gasteiger partial charge in [0.25, 0.3) is 0 Å². The molecule has 2 unspecified atom stereocenters. The van der Waals surface area contributed by atoms with Crippen LogP contribution in [0, 0.1) is 11.8 Å². The summed E-state index contributed by atoms with van der Waals surface area (Å²) >= 11 is -4.81. The predicted octanol–water partition coefficient (Wildman–Crippen LogP) is 11.9. The molecule has 215 valence electrons. The zero-order valence-electron chi connectivity index (χ0n) is 25.5. The standard InChI is InChI=1S/2C18H17.C2H7Si.2ClH.Zr/c2*1-13(2)16-11-15-9-6-10-17(18(15)12-16)14-7-4-3-5-8-14;1-3-2;;;/h2*3-13H,1-2H3;3H,1-2H3;2*1H;/q;;;;;+2/p-2. The Bertz CT molecular complexity index is 1580. The summed E-state index contributed by atoms with van der Waals surface area (Å²) in [5.74, 6) is -0.911. The second-order valence-electron chi connectivity index (χ2n) is 13.2. The van der Waals surface area contributed by atoms with Gasteiger partial charge in [-0.05, 0) is 0 Å². The van der Waals surface area contributed by atoms with Crippen LogP contribution in [0.1, 0.15) is 57.2 Å². The van der Waals surface area contributed by atoms with Crippen molar-refractivity contribution >= 4 is 35.1 Å². The van der Waals surface area contributed by atoms with Crippen molar-refractivity contribution in [3.63, 3.8) is 0 Å². The zero-order chi connectivity index (χ0) is 29.8. The van der Waals surface area contributed by atoms with Crippen molar-refractivity contribution in [3.8, 4) is 22.3 Å². The molecule has 0 N–H and O–H groups in total. The molecule has 2 aliphatic carbocycles. The number of halogens is 2. The van der Waals surface area contributed by atoms with Crippen molar-refractivity contribution in [2.75, 3.05) is 0 Å². The van der Waals surface area contributed by atoms with E-state index < -0.39 is 21.5 Å². The number of hydrogen-bond acceptors (Lipinski definition) is 0. The van der Waals surface area contributed by atoms with E-state index in [1.807, 2.05) is 0 Å². The Morgan fingerprint density at radius 1 is 0.548 bits per heavy atom. The molecule has 2 atom stereocenters. The van der Waals surface area contributed by atoms with Crippen molar-refractivity contribution in [1.82, 2.24) is 0 Å². The van der Waals surface area contributed by atoms with Gasteiger partial charge >= 0.3 is 263 Å². The second kappa shape index (κ2) is 11.2. The minimum absolute atomic E-state index is 0.0959. The fourth-order valence-corrected chi connectivity index (χ4v) is 39.1. The third kappa shape index (κ3) is 4.64. The van der Waals surface area contributed by atoms with E-state index in [-0.39, 0.29) is 7.25 Å². The molecule has 0 fully saturated rings. The Morgan fingerprint density at radius 2 is 0.929 bits per heavy atom. The van der Waals surface area contributed by atoms with Gasteiger partial charge in [0.15, 0.2) is 0 Å². The molecule has 0 heterocycles. The van der Waals surface area contributed by atoms with E-state index in [0.29, 0.717) is 11.8 Å². The van der Waals surface area contributed by atoms with Crippen LogP contribution in [0.5, 0.6) is 0 Å². The van der Waals surface area contributed by atoms with Crippen molar-refractivity contribution < 1.29 is 15.6 Å². The first-order chi connectivity index (χ1) is 20.0. The molecule has 0 aliphatic heterocycles. The van der Waals surface area contributed by atoms with Gasteiger partial charge < -0.3 is 0 Å². The number of hydrogen-bond donors (Lipinski definition) is 0. The summed E-state index contributed by atoms with van der Waals surface area (Å²) < 4.78 is 0.192.